The Kier molecular flexibility index (Phi) is 8.46. The molecular weight excluding hydrogens is 420 g/mol. The van der Waals surface area contributed by atoms with Crippen molar-refractivity contribution in [3.05, 3.63) is 59.7 Å². The quantitative estimate of drug-likeness (QED) is 0.441. The molecule has 0 spiro atoms. The van der Waals surface area contributed by atoms with Gasteiger partial charge < -0.3 is 20.5 Å². The highest BCUT2D eigenvalue weighted by Gasteiger charge is 2.29. The Morgan fingerprint density at radius 3 is 2.15 bits per heavy atom. The Morgan fingerprint density at radius 2 is 1.58 bits per heavy atom. The van der Waals surface area contributed by atoms with Crippen LogP contribution < -0.4 is 10.6 Å². The van der Waals surface area contributed by atoms with Crippen LogP contribution in [0.3, 0.4) is 0 Å². The van der Waals surface area contributed by atoms with E-state index < -0.39 is 18.1 Å². The minimum absolute atomic E-state index is 0.0465. The highest BCUT2D eigenvalue weighted by molar-refractivity contribution is 5.85. The van der Waals surface area contributed by atoms with Crippen LogP contribution in [0.4, 0.5) is 4.79 Å². The van der Waals surface area contributed by atoms with Crippen molar-refractivity contribution < 1.29 is 24.2 Å². The summed E-state index contributed by atoms with van der Waals surface area (Å²) >= 11 is 0. The van der Waals surface area contributed by atoms with Crippen molar-refractivity contribution in [1.82, 2.24) is 10.6 Å². The number of hydrogen-bond donors (Lipinski definition) is 3. The topological polar surface area (TPSA) is 105 Å². The summed E-state index contributed by atoms with van der Waals surface area (Å²) in [7, 11) is 0. The molecule has 3 N–H and O–H groups in total. The number of carboxylic acid groups (broad SMARTS) is 1. The second-order valence-electron chi connectivity index (χ2n) is 8.79. The maximum atomic E-state index is 12.6. The van der Waals surface area contributed by atoms with E-state index in [0.29, 0.717) is 25.8 Å². The third-order valence-electron chi connectivity index (χ3n) is 5.78. The third-order valence-corrected chi connectivity index (χ3v) is 5.78. The molecule has 2 aromatic carbocycles. The van der Waals surface area contributed by atoms with E-state index in [1.54, 1.807) is 0 Å². The fourth-order valence-corrected chi connectivity index (χ4v) is 4.22. The number of rotatable bonds is 11. The van der Waals surface area contributed by atoms with Gasteiger partial charge in [0.2, 0.25) is 5.91 Å². The minimum atomic E-state index is -0.851. The predicted octanol–water partition coefficient (Wildman–Crippen LogP) is 4.31. The van der Waals surface area contributed by atoms with Gasteiger partial charge in [0.15, 0.2) is 0 Å². The van der Waals surface area contributed by atoms with Crippen LogP contribution in [-0.4, -0.2) is 42.3 Å². The van der Waals surface area contributed by atoms with Crippen molar-refractivity contribution in [2.75, 3.05) is 13.2 Å². The number of amides is 2. The number of unbranched alkanes of at least 4 members (excludes halogenated alkanes) is 1. The fourth-order valence-electron chi connectivity index (χ4n) is 4.22. The molecule has 7 nitrogen and oxygen atoms in total. The average Bonchev–Trinajstić information content (AvgIpc) is 3.10. The number of fused-ring (bicyclic) bond motifs is 3. The monoisotopic (exact) mass is 452 g/mol. The van der Waals surface area contributed by atoms with Gasteiger partial charge in [-0.3, -0.25) is 9.59 Å². The number of carbonyl (C=O) groups is 3. The van der Waals surface area contributed by atoms with Gasteiger partial charge >= 0.3 is 12.1 Å². The van der Waals surface area contributed by atoms with Crippen molar-refractivity contribution in [2.45, 2.75) is 51.5 Å². The van der Waals surface area contributed by atoms with Gasteiger partial charge in [0.05, 0.1) is 0 Å². The molecule has 33 heavy (non-hydrogen) atoms. The lowest BCUT2D eigenvalue weighted by atomic mass is 9.98. The fraction of sp³-hybridized carbons (Fsp3) is 0.423. The standard InChI is InChI=1S/C26H32N2O5/c1-17(2)15-23(25(31)27-14-8-7-13-24(29)30)28-26(32)33-16-22-20-11-5-3-9-18(20)19-10-4-6-12-21(19)22/h3-6,9-12,17,22-23H,7-8,13-16H2,1-2H3,(H,27,31)(H,28,32)(H,29,30). The second-order valence-corrected chi connectivity index (χ2v) is 8.79. The number of aliphatic carboxylic acids is 1. The van der Waals surface area contributed by atoms with Gasteiger partial charge in [0, 0.05) is 18.9 Å². The lowest BCUT2D eigenvalue weighted by Gasteiger charge is -2.21. The Hall–Kier alpha value is -3.35. The van der Waals surface area contributed by atoms with Crippen LogP contribution in [0.1, 0.15) is 56.6 Å². The molecule has 7 heteroatoms. The number of benzene rings is 2. The molecule has 0 aromatic heterocycles. The van der Waals surface area contributed by atoms with Crippen LogP contribution in [0.15, 0.2) is 48.5 Å². The van der Waals surface area contributed by atoms with E-state index in [2.05, 4.69) is 34.9 Å². The highest BCUT2D eigenvalue weighted by atomic mass is 16.5. The normalized spacial score (nSPS) is 13.2. The first-order valence-corrected chi connectivity index (χ1v) is 11.5. The number of carbonyl (C=O) groups excluding carboxylic acids is 2. The predicted molar refractivity (Wildman–Crippen MR) is 126 cm³/mol. The summed E-state index contributed by atoms with van der Waals surface area (Å²) in [5, 5.41) is 14.2. The number of ether oxygens (including phenoxy) is 1. The average molecular weight is 453 g/mol. The number of alkyl carbamates (subject to hydrolysis) is 1. The molecule has 0 saturated carbocycles. The Bertz CT molecular complexity index is 943. The molecule has 1 aliphatic carbocycles. The Morgan fingerprint density at radius 1 is 0.970 bits per heavy atom. The van der Waals surface area contributed by atoms with Crippen LogP contribution >= 0.6 is 0 Å². The number of hydrogen-bond acceptors (Lipinski definition) is 4. The highest BCUT2D eigenvalue weighted by Crippen LogP contribution is 2.44. The molecule has 0 bridgehead atoms. The Balaban J connectivity index is 1.56. The molecule has 0 saturated heterocycles. The summed E-state index contributed by atoms with van der Waals surface area (Å²) in [5.74, 6) is -0.986. The van der Waals surface area contributed by atoms with E-state index in [1.807, 2.05) is 38.1 Å². The van der Waals surface area contributed by atoms with Crippen molar-refractivity contribution in [2.24, 2.45) is 5.92 Å². The molecule has 176 valence electrons. The van der Waals surface area contributed by atoms with Gasteiger partial charge in [0.1, 0.15) is 12.6 Å². The van der Waals surface area contributed by atoms with Crippen molar-refractivity contribution in [3.63, 3.8) is 0 Å². The van der Waals surface area contributed by atoms with Crippen molar-refractivity contribution >= 4 is 18.0 Å². The van der Waals surface area contributed by atoms with E-state index in [1.165, 1.54) is 0 Å². The SMILES string of the molecule is CC(C)CC(NC(=O)OCC1c2ccccc2-c2ccccc21)C(=O)NCCCCC(=O)O. The molecule has 3 rings (SSSR count). The molecule has 1 aliphatic rings. The molecule has 2 aromatic rings. The van der Waals surface area contributed by atoms with Gasteiger partial charge in [-0.25, -0.2) is 4.79 Å². The largest absolute Gasteiger partial charge is 0.481 e. The molecule has 2 amide bonds. The van der Waals surface area contributed by atoms with Crippen LogP contribution in [0, 0.1) is 5.92 Å². The van der Waals surface area contributed by atoms with Crippen molar-refractivity contribution in [1.29, 1.82) is 0 Å². The van der Waals surface area contributed by atoms with E-state index in [0.717, 1.165) is 22.3 Å². The lowest BCUT2D eigenvalue weighted by Crippen LogP contribution is -2.48. The first-order valence-electron chi connectivity index (χ1n) is 11.5. The van der Waals surface area contributed by atoms with E-state index in [4.69, 9.17) is 9.84 Å². The maximum absolute atomic E-state index is 12.6. The molecule has 0 heterocycles. The maximum Gasteiger partial charge on any atom is 0.407 e. The second kappa shape index (κ2) is 11.5. The zero-order valence-corrected chi connectivity index (χ0v) is 19.2. The molecule has 1 unspecified atom stereocenters. The molecule has 1 atom stereocenters. The van der Waals surface area contributed by atoms with Crippen molar-refractivity contribution in [3.8, 4) is 11.1 Å². The molecule has 0 fully saturated rings. The smallest absolute Gasteiger partial charge is 0.407 e. The van der Waals surface area contributed by atoms with E-state index in [9.17, 15) is 14.4 Å². The summed E-state index contributed by atoms with van der Waals surface area (Å²) in [5.41, 5.74) is 4.57. The van der Waals surface area contributed by atoms with Gasteiger partial charge in [-0.15, -0.1) is 0 Å². The molecule has 0 radical (unpaired) electrons. The zero-order valence-electron chi connectivity index (χ0n) is 19.2. The molecule has 0 aliphatic heterocycles. The van der Waals surface area contributed by atoms with E-state index >= 15 is 0 Å². The molecular formula is C26H32N2O5. The number of carboxylic acids is 1. The summed E-state index contributed by atoms with van der Waals surface area (Å²) in [6, 6.07) is 15.5. The Labute approximate surface area is 194 Å². The third kappa shape index (κ3) is 6.57. The zero-order chi connectivity index (χ0) is 23.8. The van der Waals surface area contributed by atoms with Gasteiger partial charge in [-0.05, 0) is 47.4 Å². The van der Waals surface area contributed by atoms with Crippen LogP contribution in [0.5, 0.6) is 0 Å². The van der Waals surface area contributed by atoms with Gasteiger partial charge in [-0.2, -0.15) is 0 Å². The number of nitrogens with one attached hydrogen (secondary N) is 2. The first-order chi connectivity index (χ1) is 15.9. The van der Waals surface area contributed by atoms with Crippen LogP contribution in [-0.2, 0) is 14.3 Å². The first kappa shape index (κ1) is 24.3. The van der Waals surface area contributed by atoms with E-state index in [-0.39, 0.29) is 30.8 Å². The lowest BCUT2D eigenvalue weighted by molar-refractivity contribution is -0.137. The summed E-state index contributed by atoms with van der Waals surface area (Å²) < 4.78 is 5.58. The summed E-state index contributed by atoms with van der Waals surface area (Å²) in [4.78, 5) is 35.8. The van der Waals surface area contributed by atoms with Gasteiger partial charge in [0.25, 0.3) is 0 Å². The minimum Gasteiger partial charge on any atom is -0.481 e. The van der Waals surface area contributed by atoms with Crippen LogP contribution in [0.2, 0.25) is 0 Å². The van der Waals surface area contributed by atoms with Gasteiger partial charge in [-0.1, -0.05) is 62.4 Å². The van der Waals surface area contributed by atoms with Crippen LogP contribution in [0.25, 0.3) is 11.1 Å². The summed E-state index contributed by atoms with van der Waals surface area (Å²) in [6.45, 7) is 4.51. The summed E-state index contributed by atoms with van der Waals surface area (Å²) in [6.07, 6.45) is 0.986.